The van der Waals surface area contributed by atoms with Crippen LogP contribution in [0.4, 0.5) is 0 Å². The summed E-state index contributed by atoms with van der Waals surface area (Å²) in [4.78, 5) is 0. The van der Waals surface area contributed by atoms with E-state index in [-0.39, 0.29) is 0 Å². The minimum absolute atomic E-state index is 0.543. The largest absolute Gasteiger partial charge is 0.320 e. The van der Waals surface area contributed by atoms with E-state index in [4.69, 9.17) is 0 Å². The second-order valence-electron chi connectivity index (χ2n) is 3.39. The molecule has 0 fully saturated rings. The smallest absolute Gasteiger partial charge is 0.0593 e. The minimum atomic E-state index is 0.543. The number of hydrogen-bond donors (Lipinski definition) is 1. The molecule has 1 aromatic heterocycles. The second-order valence-corrected chi connectivity index (χ2v) is 3.39. The molecule has 1 aromatic rings. The van der Waals surface area contributed by atoms with Crippen LogP contribution in [0.3, 0.4) is 0 Å². The van der Waals surface area contributed by atoms with E-state index in [9.17, 15) is 0 Å². The molecule has 0 bridgehead atoms. The number of aryl methyl sites for hydroxylation is 1. The fraction of sp³-hybridized carbons (Fsp3) is 0.700. The Labute approximate surface area is 80.1 Å². The van der Waals surface area contributed by atoms with Gasteiger partial charge in [0.25, 0.3) is 0 Å². The van der Waals surface area contributed by atoms with Gasteiger partial charge in [-0.3, -0.25) is 4.68 Å². The normalized spacial score (nSPS) is 13.2. The Kier molecular flexibility index (Phi) is 3.96. The van der Waals surface area contributed by atoms with Gasteiger partial charge in [0.1, 0.15) is 0 Å². The van der Waals surface area contributed by atoms with Crippen molar-refractivity contribution in [1.29, 1.82) is 0 Å². The topological polar surface area (TPSA) is 29.9 Å². The molecule has 0 spiro atoms. The van der Waals surface area contributed by atoms with Crippen LogP contribution in [-0.4, -0.2) is 23.4 Å². The summed E-state index contributed by atoms with van der Waals surface area (Å²) < 4.78 is 2.08. The number of aromatic nitrogens is 2. The Bertz CT molecular complexity index is 242. The van der Waals surface area contributed by atoms with E-state index in [2.05, 4.69) is 34.3 Å². The van der Waals surface area contributed by atoms with Crippen molar-refractivity contribution in [3.05, 3.63) is 18.0 Å². The maximum atomic E-state index is 4.42. The van der Waals surface area contributed by atoms with Crippen LogP contribution in [0, 0.1) is 6.92 Å². The van der Waals surface area contributed by atoms with E-state index in [1.54, 1.807) is 0 Å². The van der Waals surface area contributed by atoms with Crippen molar-refractivity contribution in [2.75, 3.05) is 13.6 Å². The van der Waals surface area contributed by atoms with Gasteiger partial charge in [0.2, 0.25) is 0 Å². The predicted molar refractivity (Wildman–Crippen MR) is 54.8 cm³/mol. The molecule has 1 atom stereocenters. The standard InChI is InChI=1S/C10H19N3/c1-4-10(5-7-11-3)13-8-6-9(2)12-13/h6,8,10-11H,4-5,7H2,1-3H3. The molecule has 3 heteroatoms. The highest BCUT2D eigenvalue weighted by atomic mass is 15.3. The first-order valence-corrected chi connectivity index (χ1v) is 4.94. The predicted octanol–water partition coefficient (Wildman–Crippen LogP) is 1.75. The van der Waals surface area contributed by atoms with E-state index in [1.807, 2.05) is 14.0 Å². The molecule has 1 N–H and O–H groups in total. The van der Waals surface area contributed by atoms with Gasteiger partial charge in [-0.1, -0.05) is 6.92 Å². The Morgan fingerprint density at radius 3 is 2.85 bits per heavy atom. The van der Waals surface area contributed by atoms with E-state index in [0.717, 1.165) is 25.1 Å². The second kappa shape index (κ2) is 5.02. The van der Waals surface area contributed by atoms with E-state index in [0.29, 0.717) is 6.04 Å². The molecule has 0 aliphatic rings. The first-order chi connectivity index (χ1) is 6.27. The van der Waals surface area contributed by atoms with Crippen LogP contribution in [0.15, 0.2) is 12.3 Å². The van der Waals surface area contributed by atoms with Gasteiger partial charge in [0.15, 0.2) is 0 Å². The van der Waals surface area contributed by atoms with Crippen LogP contribution in [-0.2, 0) is 0 Å². The fourth-order valence-corrected chi connectivity index (χ4v) is 1.47. The SMILES string of the molecule is CCC(CCNC)n1ccc(C)n1. The zero-order chi connectivity index (χ0) is 9.68. The first-order valence-electron chi connectivity index (χ1n) is 4.94. The van der Waals surface area contributed by atoms with Crippen molar-refractivity contribution in [3.8, 4) is 0 Å². The van der Waals surface area contributed by atoms with Crippen LogP contribution >= 0.6 is 0 Å². The van der Waals surface area contributed by atoms with Crippen molar-refractivity contribution in [2.45, 2.75) is 32.7 Å². The number of nitrogens with zero attached hydrogens (tertiary/aromatic N) is 2. The Morgan fingerprint density at radius 2 is 2.38 bits per heavy atom. The lowest BCUT2D eigenvalue weighted by Crippen LogP contribution is -2.16. The Morgan fingerprint density at radius 1 is 1.62 bits per heavy atom. The highest BCUT2D eigenvalue weighted by molar-refractivity contribution is 4.96. The van der Waals surface area contributed by atoms with Crippen molar-refractivity contribution in [3.63, 3.8) is 0 Å². The highest BCUT2D eigenvalue weighted by Crippen LogP contribution is 2.14. The molecule has 0 aromatic carbocycles. The molecule has 0 radical (unpaired) electrons. The quantitative estimate of drug-likeness (QED) is 0.750. The zero-order valence-electron chi connectivity index (χ0n) is 8.75. The number of hydrogen-bond acceptors (Lipinski definition) is 2. The molecular weight excluding hydrogens is 162 g/mol. The summed E-state index contributed by atoms with van der Waals surface area (Å²) in [5.41, 5.74) is 1.10. The lowest BCUT2D eigenvalue weighted by atomic mass is 10.1. The molecule has 0 saturated carbocycles. The summed E-state index contributed by atoms with van der Waals surface area (Å²) in [7, 11) is 1.99. The molecule has 0 aliphatic heterocycles. The van der Waals surface area contributed by atoms with E-state index in [1.165, 1.54) is 0 Å². The maximum Gasteiger partial charge on any atom is 0.0593 e. The third kappa shape index (κ3) is 2.84. The van der Waals surface area contributed by atoms with Gasteiger partial charge in [-0.05, 0) is 39.4 Å². The molecule has 13 heavy (non-hydrogen) atoms. The van der Waals surface area contributed by atoms with Gasteiger partial charge < -0.3 is 5.32 Å². The molecule has 3 nitrogen and oxygen atoms in total. The first kappa shape index (κ1) is 10.3. The molecule has 1 unspecified atom stereocenters. The molecule has 0 saturated heterocycles. The van der Waals surface area contributed by atoms with Gasteiger partial charge in [-0.15, -0.1) is 0 Å². The van der Waals surface area contributed by atoms with Gasteiger partial charge >= 0.3 is 0 Å². The average Bonchev–Trinajstić information content (AvgIpc) is 2.54. The maximum absolute atomic E-state index is 4.42. The van der Waals surface area contributed by atoms with Crippen molar-refractivity contribution in [1.82, 2.24) is 15.1 Å². The van der Waals surface area contributed by atoms with Gasteiger partial charge in [0.05, 0.1) is 11.7 Å². The summed E-state index contributed by atoms with van der Waals surface area (Å²) in [6.45, 7) is 5.29. The minimum Gasteiger partial charge on any atom is -0.320 e. The van der Waals surface area contributed by atoms with Crippen molar-refractivity contribution < 1.29 is 0 Å². The van der Waals surface area contributed by atoms with Crippen molar-refractivity contribution >= 4 is 0 Å². The lowest BCUT2D eigenvalue weighted by Gasteiger charge is -2.14. The highest BCUT2D eigenvalue weighted by Gasteiger charge is 2.07. The number of nitrogens with one attached hydrogen (secondary N) is 1. The Hall–Kier alpha value is -0.830. The molecular formula is C10H19N3. The molecule has 1 rings (SSSR count). The van der Waals surface area contributed by atoms with E-state index >= 15 is 0 Å². The monoisotopic (exact) mass is 181 g/mol. The van der Waals surface area contributed by atoms with Crippen molar-refractivity contribution in [2.24, 2.45) is 0 Å². The van der Waals surface area contributed by atoms with Gasteiger partial charge in [0, 0.05) is 6.20 Å². The van der Waals surface area contributed by atoms with E-state index < -0.39 is 0 Å². The lowest BCUT2D eigenvalue weighted by molar-refractivity contribution is 0.406. The summed E-state index contributed by atoms with van der Waals surface area (Å²) in [6, 6.07) is 2.60. The average molecular weight is 181 g/mol. The molecule has 0 aliphatic carbocycles. The van der Waals surface area contributed by atoms with Crippen LogP contribution in [0.1, 0.15) is 31.5 Å². The van der Waals surface area contributed by atoms with Gasteiger partial charge in [-0.25, -0.2) is 0 Å². The zero-order valence-corrected chi connectivity index (χ0v) is 8.75. The van der Waals surface area contributed by atoms with Crippen LogP contribution in [0.2, 0.25) is 0 Å². The summed E-state index contributed by atoms with van der Waals surface area (Å²) in [5.74, 6) is 0. The number of rotatable bonds is 5. The third-order valence-corrected chi connectivity index (χ3v) is 2.31. The summed E-state index contributed by atoms with van der Waals surface area (Å²) >= 11 is 0. The summed E-state index contributed by atoms with van der Waals surface area (Å²) in [5, 5.41) is 7.59. The third-order valence-electron chi connectivity index (χ3n) is 2.31. The molecule has 74 valence electrons. The molecule has 0 amide bonds. The summed E-state index contributed by atoms with van der Waals surface area (Å²) in [6.07, 6.45) is 4.36. The Balaban J connectivity index is 2.56. The van der Waals surface area contributed by atoms with Crippen LogP contribution in [0.25, 0.3) is 0 Å². The van der Waals surface area contributed by atoms with Crippen LogP contribution < -0.4 is 5.32 Å². The van der Waals surface area contributed by atoms with Gasteiger partial charge in [-0.2, -0.15) is 5.10 Å². The van der Waals surface area contributed by atoms with Crippen LogP contribution in [0.5, 0.6) is 0 Å². The molecule has 1 heterocycles. The fourth-order valence-electron chi connectivity index (χ4n) is 1.47.